The standard InChI is InChI=1S/C7H12O2/c1-4-7(3,5-2)9-6-8/h4,6H,1,5H2,2-3H3. The van der Waals surface area contributed by atoms with E-state index in [-0.39, 0.29) is 0 Å². The SMILES string of the molecule is C=CC(C)(CC)OC=O. The first-order chi connectivity index (χ1) is 4.18. The molecule has 0 aliphatic carbocycles. The van der Waals surface area contributed by atoms with Gasteiger partial charge < -0.3 is 4.74 Å². The number of hydrogen-bond acceptors (Lipinski definition) is 2. The maximum Gasteiger partial charge on any atom is 0.293 e. The summed E-state index contributed by atoms with van der Waals surface area (Å²) in [4.78, 5) is 9.87. The van der Waals surface area contributed by atoms with Gasteiger partial charge >= 0.3 is 0 Å². The van der Waals surface area contributed by atoms with Crippen molar-refractivity contribution in [3.8, 4) is 0 Å². The third-order valence-corrected chi connectivity index (χ3v) is 1.45. The maximum absolute atomic E-state index is 9.87. The quantitative estimate of drug-likeness (QED) is 0.424. The van der Waals surface area contributed by atoms with E-state index in [2.05, 4.69) is 6.58 Å². The summed E-state index contributed by atoms with van der Waals surface area (Å²) in [5.41, 5.74) is -0.470. The van der Waals surface area contributed by atoms with E-state index in [9.17, 15) is 4.79 Å². The summed E-state index contributed by atoms with van der Waals surface area (Å²) in [5.74, 6) is 0. The van der Waals surface area contributed by atoms with Crippen molar-refractivity contribution < 1.29 is 9.53 Å². The maximum atomic E-state index is 9.87. The van der Waals surface area contributed by atoms with Crippen molar-refractivity contribution in [3.63, 3.8) is 0 Å². The van der Waals surface area contributed by atoms with E-state index in [0.29, 0.717) is 6.47 Å². The highest BCUT2D eigenvalue weighted by molar-refractivity contribution is 5.39. The van der Waals surface area contributed by atoms with Gasteiger partial charge in [0, 0.05) is 0 Å². The summed E-state index contributed by atoms with van der Waals surface area (Å²) in [7, 11) is 0. The molecule has 0 aromatic carbocycles. The Morgan fingerprint density at radius 1 is 1.78 bits per heavy atom. The molecule has 0 aromatic heterocycles. The van der Waals surface area contributed by atoms with Crippen LogP contribution in [0.4, 0.5) is 0 Å². The van der Waals surface area contributed by atoms with Gasteiger partial charge in [0.1, 0.15) is 5.60 Å². The number of carbonyl (C=O) groups is 1. The molecule has 0 rings (SSSR count). The molecule has 2 heteroatoms. The van der Waals surface area contributed by atoms with Crippen molar-refractivity contribution >= 4 is 6.47 Å². The van der Waals surface area contributed by atoms with Gasteiger partial charge in [0.25, 0.3) is 6.47 Å². The predicted molar refractivity (Wildman–Crippen MR) is 36.0 cm³/mol. The highest BCUT2D eigenvalue weighted by atomic mass is 16.5. The first kappa shape index (κ1) is 8.21. The summed E-state index contributed by atoms with van der Waals surface area (Å²) < 4.78 is 4.73. The monoisotopic (exact) mass is 128 g/mol. The molecule has 9 heavy (non-hydrogen) atoms. The Morgan fingerprint density at radius 3 is 2.44 bits per heavy atom. The van der Waals surface area contributed by atoms with Crippen LogP contribution in [0, 0.1) is 0 Å². The van der Waals surface area contributed by atoms with Crippen molar-refractivity contribution in [1.29, 1.82) is 0 Å². The lowest BCUT2D eigenvalue weighted by atomic mass is 10.0. The van der Waals surface area contributed by atoms with E-state index < -0.39 is 5.60 Å². The minimum atomic E-state index is -0.470. The summed E-state index contributed by atoms with van der Waals surface area (Å²) in [5, 5.41) is 0. The van der Waals surface area contributed by atoms with Crippen molar-refractivity contribution in [1.82, 2.24) is 0 Å². The zero-order valence-corrected chi connectivity index (χ0v) is 5.89. The van der Waals surface area contributed by atoms with E-state index in [1.807, 2.05) is 13.8 Å². The Kier molecular flexibility index (Phi) is 2.99. The normalized spacial score (nSPS) is 15.8. The van der Waals surface area contributed by atoms with Crippen LogP contribution < -0.4 is 0 Å². The second-order valence-electron chi connectivity index (χ2n) is 2.08. The summed E-state index contributed by atoms with van der Waals surface area (Å²) in [6.07, 6.45) is 2.39. The largest absolute Gasteiger partial charge is 0.457 e. The molecule has 1 unspecified atom stereocenters. The summed E-state index contributed by atoms with van der Waals surface area (Å²) in [6.45, 7) is 7.74. The first-order valence-corrected chi connectivity index (χ1v) is 2.93. The second kappa shape index (κ2) is 3.28. The highest BCUT2D eigenvalue weighted by Gasteiger charge is 2.17. The molecule has 0 aliphatic rings. The van der Waals surface area contributed by atoms with Crippen molar-refractivity contribution in [2.75, 3.05) is 0 Å². The molecular formula is C7H12O2. The fourth-order valence-electron chi connectivity index (χ4n) is 0.386. The fourth-order valence-corrected chi connectivity index (χ4v) is 0.386. The predicted octanol–water partition coefficient (Wildman–Crippen LogP) is 1.51. The molecule has 52 valence electrons. The third kappa shape index (κ3) is 2.31. The van der Waals surface area contributed by atoms with E-state index in [1.54, 1.807) is 6.08 Å². The number of ether oxygens (including phenoxy) is 1. The van der Waals surface area contributed by atoms with Crippen LogP contribution in [-0.4, -0.2) is 12.1 Å². The zero-order chi connectivity index (χ0) is 7.33. The molecule has 0 amide bonds. The summed E-state index contributed by atoms with van der Waals surface area (Å²) in [6, 6.07) is 0. The average molecular weight is 128 g/mol. The molecule has 0 fully saturated rings. The van der Waals surface area contributed by atoms with Crippen LogP contribution in [0.5, 0.6) is 0 Å². The first-order valence-electron chi connectivity index (χ1n) is 2.93. The van der Waals surface area contributed by atoms with Gasteiger partial charge in [-0.15, -0.1) is 0 Å². The average Bonchev–Trinajstić information content (AvgIpc) is 1.89. The topological polar surface area (TPSA) is 26.3 Å². The number of rotatable bonds is 4. The molecule has 0 spiro atoms. The molecule has 0 saturated heterocycles. The van der Waals surface area contributed by atoms with Crippen LogP contribution in [0.25, 0.3) is 0 Å². The van der Waals surface area contributed by atoms with Crippen LogP contribution in [0.3, 0.4) is 0 Å². The van der Waals surface area contributed by atoms with Crippen molar-refractivity contribution in [2.24, 2.45) is 0 Å². The summed E-state index contributed by atoms with van der Waals surface area (Å²) >= 11 is 0. The van der Waals surface area contributed by atoms with Gasteiger partial charge in [0.2, 0.25) is 0 Å². The Labute approximate surface area is 55.5 Å². The molecule has 0 bridgehead atoms. The van der Waals surface area contributed by atoms with Gasteiger partial charge in [-0.2, -0.15) is 0 Å². The molecule has 0 N–H and O–H groups in total. The smallest absolute Gasteiger partial charge is 0.293 e. The lowest BCUT2D eigenvalue weighted by Gasteiger charge is -2.20. The van der Waals surface area contributed by atoms with Crippen molar-refractivity contribution in [2.45, 2.75) is 25.9 Å². The van der Waals surface area contributed by atoms with Crippen molar-refractivity contribution in [3.05, 3.63) is 12.7 Å². The molecule has 0 aromatic rings. The molecule has 0 radical (unpaired) electrons. The van der Waals surface area contributed by atoms with Gasteiger partial charge in [-0.1, -0.05) is 13.5 Å². The van der Waals surface area contributed by atoms with Gasteiger partial charge in [-0.25, -0.2) is 0 Å². The highest BCUT2D eigenvalue weighted by Crippen LogP contribution is 2.13. The van der Waals surface area contributed by atoms with Crippen LogP contribution in [0.2, 0.25) is 0 Å². The fraction of sp³-hybridized carbons (Fsp3) is 0.571. The molecule has 0 heterocycles. The van der Waals surface area contributed by atoms with Gasteiger partial charge in [-0.3, -0.25) is 4.79 Å². The Hall–Kier alpha value is -0.790. The third-order valence-electron chi connectivity index (χ3n) is 1.45. The Balaban J connectivity index is 3.90. The Morgan fingerprint density at radius 2 is 2.33 bits per heavy atom. The van der Waals surface area contributed by atoms with E-state index in [0.717, 1.165) is 6.42 Å². The zero-order valence-electron chi connectivity index (χ0n) is 5.89. The molecule has 1 atom stereocenters. The van der Waals surface area contributed by atoms with Gasteiger partial charge in [-0.05, 0) is 19.4 Å². The van der Waals surface area contributed by atoms with Gasteiger partial charge in [0.05, 0.1) is 0 Å². The van der Waals surface area contributed by atoms with Crippen LogP contribution in [-0.2, 0) is 9.53 Å². The second-order valence-corrected chi connectivity index (χ2v) is 2.08. The van der Waals surface area contributed by atoms with Crippen LogP contribution in [0.1, 0.15) is 20.3 Å². The van der Waals surface area contributed by atoms with Crippen LogP contribution in [0.15, 0.2) is 12.7 Å². The number of carbonyl (C=O) groups excluding carboxylic acids is 1. The lowest BCUT2D eigenvalue weighted by molar-refractivity contribution is -0.138. The minimum Gasteiger partial charge on any atom is -0.457 e. The van der Waals surface area contributed by atoms with E-state index >= 15 is 0 Å². The number of hydrogen-bond donors (Lipinski definition) is 0. The van der Waals surface area contributed by atoms with Crippen LogP contribution >= 0.6 is 0 Å². The van der Waals surface area contributed by atoms with E-state index in [4.69, 9.17) is 4.74 Å². The lowest BCUT2D eigenvalue weighted by Crippen LogP contribution is -2.23. The molecular weight excluding hydrogens is 116 g/mol. The molecule has 0 saturated carbocycles. The van der Waals surface area contributed by atoms with Gasteiger partial charge in [0.15, 0.2) is 0 Å². The van der Waals surface area contributed by atoms with E-state index in [1.165, 1.54) is 0 Å². The molecule has 0 aliphatic heterocycles. The minimum absolute atomic E-state index is 0.450. The molecule has 2 nitrogen and oxygen atoms in total. The Bertz CT molecular complexity index is 109.